The van der Waals surface area contributed by atoms with Crippen LogP contribution in [-0.2, 0) is 11.3 Å². The van der Waals surface area contributed by atoms with Crippen molar-refractivity contribution in [3.8, 4) is 6.07 Å². The van der Waals surface area contributed by atoms with Crippen molar-refractivity contribution in [2.24, 2.45) is 5.92 Å². The Morgan fingerprint density at radius 3 is 2.42 bits per heavy atom. The maximum absolute atomic E-state index is 13.0. The molecular formula is C21H28N4O. The molecule has 26 heavy (non-hydrogen) atoms. The molecule has 2 heterocycles. The lowest BCUT2D eigenvalue weighted by molar-refractivity contribution is -0.139. The predicted octanol–water partition coefficient (Wildman–Crippen LogP) is 2.10. The largest absolute Gasteiger partial charge is 0.339 e. The summed E-state index contributed by atoms with van der Waals surface area (Å²) in [6.07, 6.45) is 4.30. The second kappa shape index (κ2) is 7.77. The number of piperidine rings is 1. The van der Waals surface area contributed by atoms with Crippen LogP contribution in [0.3, 0.4) is 0 Å². The van der Waals surface area contributed by atoms with E-state index >= 15 is 0 Å². The summed E-state index contributed by atoms with van der Waals surface area (Å²) in [6.45, 7) is 5.18. The van der Waals surface area contributed by atoms with E-state index in [0.29, 0.717) is 12.6 Å². The van der Waals surface area contributed by atoms with Crippen molar-refractivity contribution in [3.63, 3.8) is 0 Å². The number of carbonyl (C=O) groups excluding carboxylic acids is 1. The third-order valence-corrected chi connectivity index (χ3v) is 6.08. The average Bonchev–Trinajstić information content (AvgIpc) is 3.53. The van der Waals surface area contributed by atoms with Crippen LogP contribution in [0.4, 0.5) is 0 Å². The van der Waals surface area contributed by atoms with Gasteiger partial charge in [0, 0.05) is 38.1 Å². The molecule has 0 aromatic heterocycles. The molecule has 3 aliphatic rings. The first-order chi connectivity index (χ1) is 12.7. The Morgan fingerprint density at radius 2 is 1.77 bits per heavy atom. The zero-order valence-electron chi connectivity index (χ0n) is 15.4. The monoisotopic (exact) mass is 352 g/mol. The van der Waals surface area contributed by atoms with E-state index in [-0.39, 0.29) is 17.9 Å². The first-order valence-electron chi connectivity index (χ1n) is 9.95. The van der Waals surface area contributed by atoms with E-state index in [9.17, 15) is 10.1 Å². The molecule has 0 bridgehead atoms. The van der Waals surface area contributed by atoms with E-state index in [1.807, 2.05) is 11.0 Å². The lowest BCUT2D eigenvalue weighted by Crippen LogP contribution is -2.56. The molecule has 1 aromatic rings. The normalized spacial score (nSPS) is 25.8. The zero-order chi connectivity index (χ0) is 17.9. The van der Waals surface area contributed by atoms with Crippen LogP contribution < -0.4 is 0 Å². The third-order valence-electron chi connectivity index (χ3n) is 6.08. The molecule has 1 atom stereocenters. The quantitative estimate of drug-likeness (QED) is 0.833. The van der Waals surface area contributed by atoms with E-state index in [4.69, 9.17) is 0 Å². The number of amides is 1. The molecule has 2 saturated heterocycles. The maximum Gasteiger partial charge on any atom is 0.225 e. The summed E-state index contributed by atoms with van der Waals surface area (Å²) >= 11 is 0. The van der Waals surface area contributed by atoms with E-state index in [2.05, 4.69) is 40.1 Å². The van der Waals surface area contributed by atoms with Crippen molar-refractivity contribution in [2.45, 2.75) is 44.3 Å². The number of nitrogens with zero attached hydrogens (tertiary/aromatic N) is 4. The van der Waals surface area contributed by atoms with Gasteiger partial charge in [-0.15, -0.1) is 0 Å². The van der Waals surface area contributed by atoms with Gasteiger partial charge in [-0.3, -0.25) is 14.6 Å². The Balaban J connectivity index is 1.27. The average molecular weight is 352 g/mol. The number of hydrogen-bond acceptors (Lipinski definition) is 4. The zero-order valence-corrected chi connectivity index (χ0v) is 15.4. The Kier molecular flexibility index (Phi) is 5.23. The van der Waals surface area contributed by atoms with E-state index in [0.717, 1.165) is 45.6 Å². The van der Waals surface area contributed by atoms with Gasteiger partial charge in [-0.2, -0.15) is 5.26 Å². The van der Waals surface area contributed by atoms with Gasteiger partial charge < -0.3 is 4.90 Å². The molecule has 4 rings (SSSR count). The molecule has 0 radical (unpaired) electrons. The Morgan fingerprint density at radius 1 is 1.04 bits per heavy atom. The van der Waals surface area contributed by atoms with Crippen LogP contribution in [0.25, 0.3) is 0 Å². The van der Waals surface area contributed by atoms with E-state index < -0.39 is 0 Å². The third kappa shape index (κ3) is 3.92. The van der Waals surface area contributed by atoms with Crippen LogP contribution in [0, 0.1) is 17.2 Å². The molecular weight excluding hydrogens is 324 g/mol. The van der Waals surface area contributed by atoms with Gasteiger partial charge in [0.15, 0.2) is 0 Å². The molecule has 5 nitrogen and oxygen atoms in total. The summed E-state index contributed by atoms with van der Waals surface area (Å²) < 4.78 is 0. The highest BCUT2D eigenvalue weighted by molar-refractivity contribution is 5.79. The fraction of sp³-hybridized carbons (Fsp3) is 0.619. The molecule has 1 aromatic carbocycles. The van der Waals surface area contributed by atoms with Gasteiger partial charge in [0.25, 0.3) is 0 Å². The molecule has 3 fully saturated rings. The standard InChI is InChI=1S/C21H28N4O/c22-14-20-16-24(12-13-25(20)19-6-7-19)21(26)18-8-10-23(11-9-18)15-17-4-2-1-3-5-17/h1-5,18-20H,6-13,15-16H2. The van der Waals surface area contributed by atoms with Gasteiger partial charge in [0.05, 0.1) is 6.07 Å². The van der Waals surface area contributed by atoms with Crippen molar-refractivity contribution in [1.29, 1.82) is 5.26 Å². The summed E-state index contributed by atoms with van der Waals surface area (Å²) in [5.74, 6) is 0.411. The maximum atomic E-state index is 13.0. The van der Waals surface area contributed by atoms with Crippen LogP contribution in [0.5, 0.6) is 0 Å². The molecule has 1 aliphatic carbocycles. The van der Waals surface area contributed by atoms with Crippen LogP contribution in [0.15, 0.2) is 30.3 Å². The molecule has 0 N–H and O–H groups in total. The molecule has 1 unspecified atom stereocenters. The highest BCUT2D eigenvalue weighted by atomic mass is 16.2. The summed E-state index contributed by atoms with van der Waals surface area (Å²) in [7, 11) is 0. The minimum absolute atomic E-state index is 0.113. The second-order valence-electron chi connectivity index (χ2n) is 7.93. The van der Waals surface area contributed by atoms with Crippen LogP contribution in [0.1, 0.15) is 31.2 Å². The Bertz CT molecular complexity index is 658. The SMILES string of the molecule is N#CC1CN(C(=O)C2CCN(Cc3ccccc3)CC2)CCN1C1CC1. The van der Waals surface area contributed by atoms with Gasteiger partial charge in [-0.1, -0.05) is 30.3 Å². The first-order valence-corrected chi connectivity index (χ1v) is 9.95. The number of piperazine rings is 1. The van der Waals surface area contributed by atoms with Gasteiger partial charge in [-0.25, -0.2) is 0 Å². The van der Waals surface area contributed by atoms with Crippen molar-refractivity contribution < 1.29 is 4.79 Å². The van der Waals surface area contributed by atoms with E-state index in [1.165, 1.54) is 18.4 Å². The van der Waals surface area contributed by atoms with Gasteiger partial charge in [0.1, 0.15) is 6.04 Å². The van der Waals surface area contributed by atoms with Crippen LogP contribution >= 0.6 is 0 Å². The molecule has 138 valence electrons. The Hall–Kier alpha value is -1.90. The molecule has 5 heteroatoms. The van der Waals surface area contributed by atoms with Gasteiger partial charge in [-0.05, 0) is 44.3 Å². The number of nitriles is 1. The smallest absolute Gasteiger partial charge is 0.225 e. The molecule has 1 amide bonds. The summed E-state index contributed by atoms with van der Waals surface area (Å²) in [6, 6.07) is 13.4. The summed E-state index contributed by atoms with van der Waals surface area (Å²) in [4.78, 5) is 19.7. The summed E-state index contributed by atoms with van der Waals surface area (Å²) in [5, 5.41) is 9.49. The lowest BCUT2D eigenvalue weighted by atomic mass is 9.94. The van der Waals surface area contributed by atoms with Crippen molar-refractivity contribution in [1.82, 2.24) is 14.7 Å². The lowest BCUT2D eigenvalue weighted by Gasteiger charge is -2.41. The second-order valence-corrected chi connectivity index (χ2v) is 7.93. The minimum atomic E-state index is -0.113. The highest BCUT2D eigenvalue weighted by Gasteiger charge is 2.39. The highest BCUT2D eigenvalue weighted by Crippen LogP contribution is 2.31. The van der Waals surface area contributed by atoms with Gasteiger partial charge in [0.2, 0.25) is 5.91 Å². The molecule has 0 spiro atoms. The minimum Gasteiger partial charge on any atom is -0.339 e. The van der Waals surface area contributed by atoms with Crippen molar-refractivity contribution in [3.05, 3.63) is 35.9 Å². The fourth-order valence-electron chi connectivity index (χ4n) is 4.39. The number of likely N-dealkylation sites (tertiary alicyclic amines) is 1. The molecule has 2 aliphatic heterocycles. The van der Waals surface area contributed by atoms with Crippen LogP contribution in [0.2, 0.25) is 0 Å². The molecule has 1 saturated carbocycles. The number of benzene rings is 1. The van der Waals surface area contributed by atoms with Crippen molar-refractivity contribution >= 4 is 5.91 Å². The van der Waals surface area contributed by atoms with Gasteiger partial charge >= 0.3 is 0 Å². The Labute approximate surface area is 156 Å². The van der Waals surface area contributed by atoms with E-state index in [1.54, 1.807) is 0 Å². The topological polar surface area (TPSA) is 50.6 Å². The summed E-state index contributed by atoms with van der Waals surface area (Å²) in [5.41, 5.74) is 1.34. The van der Waals surface area contributed by atoms with Crippen molar-refractivity contribution in [2.75, 3.05) is 32.7 Å². The fourth-order valence-corrected chi connectivity index (χ4v) is 4.39. The number of rotatable bonds is 4. The number of carbonyl (C=O) groups is 1. The first kappa shape index (κ1) is 17.5. The predicted molar refractivity (Wildman–Crippen MR) is 100 cm³/mol. The number of hydrogen-bond donors (Lipinski definition) is 0. The van der Waals surface area contributed by atoms with Crippen LogP contribution in [-0.4, -0.2) is 65.4 Å².